The molecule has 0 aromatic heterocycles. The van der Waals surface area contributed by atoms with E-state index in [4.69, 9.17) is 0 Å². The molecule has 8 nitrogen and oxygen atoms in total. The predicted octanol–water partition coefficient (Wildman–Crippen LogP) is 2.35. The second kappa shape index (κ2) is 8.74. The van der Waals surface area contributed by atoms with Crippen LogP contribution in [0.25, 0.3) is 0 Å². The van der Waals surface area contributed by atoms with Crippen molar-refractivity contribution in [2.24, 2.45) is 11.8 Å². The lowest BCUT2D eigenvalue weighted by molar-refractivity contribution is -0.141. The van der Waals surface area contributed by atoms with Crippen molar-refractivity contribution in [1.29, 1.82) is 5.26 Å². The fourth-order valence-corrected chi connectivity index (χ4v) is 5.89. The first-order valence-electron chi connectivity index (χ1n) is 11.7. The molecule has 182 valence electrons. The maximum atomic E-state index is 12.8. The van der Waals surface area contributed by atoms with Crippen LogP contribution in [0.2, 0.25) is 0 Å². The molecule has 1 saturated carbocycles. The number of nitrogens with zero attached hydrogens (tertiary/aromatic N) is 3. The van der Waals surface area contributed by atoms with Gasteiger partial charge in [0.2, 0.25) is 5.91 Å². The van der Waals surface area contributed by atoms with Crippen molar-refractivity contribution in [3.8, 4) is 6.07 Å². The lowest BCUT2D eigenvalue weighted by Crippen LogP contribution is -2.54. The van der Waals surface area contributed by atoms with Crippen molar-refractivity contribution >= 4 is 17.5 Å². The average Bonchev–Trinajstić information content (AvgIpc) is 3.31. The van der Waals surface area contributed by atoms with Crippen LogP contribution in [0.1, 0.15) is 48.0 Å². The Labute approximate surface area is 195 Å². The quantitative estimate of drug-likeness (QED) is 0.617. The molecule has 5 atom stereocenters. The highest BCUT2D eigenvalue weighted by molar-refractivity contribution is 5.98. The number of amides is 2. The number of nitriles is 1. The van der Waals surface area contributed by atoms with E-state index < -0.39 is 24.8 Å². The van der Waals surface area contributed by atoms with Crippen LogP contribution >= 0.6 is 0 Å². The minimum atomic E-state index is -4.46. The van der Waals surface area contributed by atoms with Gasteiger partial charge in [-0.25, -0.2) is 10.4 Å². The molecular formula is C23H27F3N6O2. The van der Waals surface area contributed by atoms with Gasteiger partial charge in [-0.15, -0.1) is 0 Å². The Hall–Kier alpha value is -2.84. The summed E-state index contributed by atoms with van der Waals surface area (Å²) in [6.07, 6.45) is -0.338. The lowest BCUT2D eigenvalue weighted by atomic mass is 9.83. The largest absolute Gasteiger partial charge is 0.406 e. The Morgan fingerprint density at radius 1 is 1.15 bits per heavy atom. The highest BCUT2D eigenvalue weighted by atomic mass is 19.4. The highest BCUT2D eigenvalue weighted by Gasteiger charge is 2.51. The number of nitrogens with one attached hydrogen (secondary N) is 3. The van der Waals surface area contributed by atoms with E-state index in [0.717, 1.165) is 37.0 Å². The van der Waals surface area contributed by atoms with Gasteiger partial charge >= 0.3 is 6.18 Å². The molecule has 34 heavy (non-hydrogen) atoms. The van der Waals surface area contributed by atoms with Crippen LogP contribution in [0.4, 0.5) is 18.9 Å². The number of carbonyl (C=O) groups excluding carboxylic acids is 2. The first-order chi connectivity index (χ1) is 16.2. The Kier molecular flexibility index (Phi) is 5.90. The summed E-state index contributed by atoms with van der Waals surface area (Å²) in [7, 11) is 0. The number of piperidine rings is 1. The molecule has 3 aliphatic heterocycles. The van der Waals surface area contributed by atoms with Crippen LogP contribution in [0.5, 0.6) is 0 Å². The van der Waals surface area contributed by atoms with E-state index in [1.54, 1.807) is 12.1 Å². The van der Waals surface area contributed by atoms with Crippen LogP contribution < -0.4 is 16.1 Å². The summed E-state index contributed by atoms with van der Waals surface area (Å²) in [5.74, 6) is -1.18. The summed E-state index contributed by atoms with van der Waals surface area (Å²) < 4.78 is 38.4. The van der Waals surface area contributed by atoms with Gasteiger partial charge in [0.05, 0.1) is 17.9 Å². The number of halogens is 3. The Bertz CT molecular complexity index is 1020. The molecule has 1 aromatic carbocycles. The van der Waals surface area contributed by atoms with Crippen molar-refractivity contribution in [3.05, 3.63) is 29.3 Å². The predicted molar refractivity (Wildman–Crippen MR) is 116 cm³/mol. The molecule has 0 radical (unpaired) electrons. The van der Waals surface area contributed by atoms with Crippen molar-refractivity contribution in [3.63, 3.8) is 0 Å². The molecule has 1 aliphatic carbocycles. The van der Waals surface area contributed by atoms with Gasteiger partial charge in [-0.1, -0.05) is 12.8 Å². The molecule has 2 saturated heterocycles. The fourth-order valence-electron chi connectivity index (χ4n) is 5.89. The summed E-state index contributed by atoms with van der Waals surface area (Å²) in [5, 5.41) is 18.0. The SMILES string of the molecule is N#C[C@H]1CCCC[C@@H]1N1NC(Nc2ccc3c(c2)CN(CC(F)(F)F)C3=O)C2C(=O)NCCC21. The first-order valence-corrected chi connectivity index (χ1v) is 11.7. The monoisotopic (exact) mass is 476 g/mol. The number of benzene rings is 1. The maximum absolute atomic E-state index is 12.8. The van der Waals surface area contributed by atoms with Crippen molar-refractivity contribution < 1.29 is 22.8 Å². The van der Waals surface area contributed by atoms with Crippen LogP contribution in [-0.2, 0) is 11.3 Å². The summed E-state index contributed by atoms with van der Waals surface area (Å²) in [6.45, 7) is -0.815. The Morgan fingerprint density at radius 3 is 2.71 bits per heavy atom. The molecule has 0 spiro atoms. The van der Waals surface area contributed by atoms with Crippen LogP contribution in [-0.4, -0.2) is 59.2 Å². The van der Waals surface area contributed by atoms with E-state index >= 15 is 0 Å². The van der Waals surface area contributed by atoms with Gasteiger partial charge in [0, 0.05) is 36.4 Å². The number of hydrogen-bond donors (Lipinski definition) is 3. The summed E-state index contributed by atoms with van der Waals surface area (Å²) in [6, 6.07) is 7.29. The molecule has 3 N–H and O–H groups in total. The number of anilines is 1. The molecule has 4 aliphatic rings. The van der Waals surface area contributed by atoms with Crippen molar-refractivity contribution in [2.75, 3.05) is 18.4 Å². The van der Waals surface area contributed by atoms with Gasteiger partial charge in [0.15, 0.2) is 0 Å². The average molecular weight is 477 g/mol. The van der Waals surface area contributed by atoms with E-state index in [-0.39, 0.29) is 41.9 Å². The third-order valence-corrected chi connectivity index (χ3v) is 7.39. The number of hydrogen-bond acceptors (Lipinski definition) is 6. The van der Waals surface area contributed by atoms with Crippen LogP contribution in [0.15, 0.2) is 18.2 Å². The lowest BCUT2D eigenvalue weighted by Gasteiger charge is -2.39. The second-order valence-corrected chi connectivity index (χ2v) is 9.57. The summed E-state index contributed by atoms with van der Waals surface area (Å²) in [4.78, 5) is 26.0. The standard InChI is InChI=1S/C23H27F3N6O2/c24-23(25,26)12-31-11-14-9-15(5-6-16(14)22(31)34)29-20-19-18(7-8-28-21(19)33)32(30-20)17-4-2-1-3-13(17)10-27/h5-6,9,13,17-20,29-30H,1-4,7-8,11-12H2,(H,28,33)/t13-,17+,18?,19?,20?/m1/s1. The molecular weight excluding hydrogens is 449 g/mol. The molecule has 1 aromatic rings. The van der Waals surface area contributed by atoms with Crippen molar-refractivity contribution in [1.82, 2.24) is 20.7 Å². The minimum absolute atomic E-state index is 0.0255. The zero-order chi connectivity index (χ0) is 24.0. The number of hydrazine groups is 1. The minimum Gasteiger partial charge on any atom is -0.368 e. The van der Waals surface area contributed by atoms with Gasteiger partial charge in [-0.2, -0.15) is 18.4 Å². The third-order valence-electron chi connectivity index (χ3n) is 7.39. The molecule has 11 heteroatoms. The number of rotatable bonds is 4. The molecule has 2 amide bonds. The highest BCUT2D eigenvalue weighted by Crippen LogP contribution is 2.37. The van der Waals surface area contributed by atoms with E-state index in [1.165, 1.54) is 6.07 Å². The van der Waals surface area contributed by atoms with Gasteiger partial charge in [0.1, 0.15) is 12.7 Å². The van der Waals surface area contributed by atoms with Gasteiger partial charge in [-0.3, -0.25) is 9.59 Å². The van der Waals surface area contributed by atoms with Crippen LogP contribution in [0, 0.1) is 23.2 Å². The number of alkyl halides is 3. The zero-order valence-corrected chi connectivity index (χ0v) is 18.6. The normalized spacial score (nSPS) is 31.6. The van der Waals surface area contributed by atoms with E-state index in [2.05, 4.69) is 27.1 Å². The van der Waals surface area contributed by atoms with E-state index in [0.29, 0.717) is 17.8 Å². The Balaban J connectivity index is 1.35. The van der Waals surface area contributed by atoms with Gasteiger partial charge < -0.3 is 15.5 Å². The van der Waals surface area contributed by atoms with Crippen LogP contribution in [0.3, 0.4) is 0 Å². The number of fused-ring (bicyclic) bond motifs is 2. The molecule has 3 unspecified atom stereocenters. The van der Waals surface area contributed by atoms with E-state index in [1.807, 2.05) is 0 Å². The third kappa shape index (κ3) is 4.20. The topological polar surface area (TPSA) is 100 Å². The molecule has 3 heterocycles. The smallest absolute Gasteiger partial charge is 0.368 e. The second-order valence-electron chi connectivity index (χ2n) is 9.57. The fraction of sp³-hybridized carbons (Fsp3) is 0.609. The summed E-state index contributed by atoms with van der Waals surface area (Å²) in [5.41, 5.74) is 4.86. The molecule has 5 rings (SSSR count). The zero-order valence-electron chi connectivity index (χ0n) is 18.6. The van der Waals surface area contributed by atoms with Gasteiger partial charge in [0.25, 0.3) is 5.91 Å². The maximum Gasteiger partial charge on any atom is 0.406 e. The summed E-state index contributed by atoms with van der Waals surface area (Å²) >= 11 is 0. The Morgan fingerprint density at radius 2 is 1.94 bits per heavy atom. The number of carbonyl (C=O) groups is 2. The van der Waals surface area contributed by atoms with E-state index in [9.17, 15) is 28.0 Å². The van der Waals surface area contributed by atoms with Gasteiger partial charge in [-0.05, 0) is 43.0 Å². The van der Waals surface area contributed by atoms with Crippen molar-refractivity contribution in [2.45, 2.75) is 63.1 Å². The first kappa shape index (κ1) is 22.9. The molecule has 3 fully saturated rings. The molecule has 0 bridgehead atoms.